The van der Waals surface area contributed by atoms with Gasteiger partial charge in [-0.3, -0.25) is 0 Å². The second kappa shape index (κ2) is 7.81. The van der Waals surface area contributed by atoms with Crippen LogP contribution in [0.2, 0.25) is 0 Å². The van der Waals surface area contributed by atoms with E-state index in [0.29, 0.717) is 5.95 Å². The molecule has 0 unspecified atom stereocenters. The van der Waals surface area contributed by atoms with E-state index in [0.717, 1.165) is 49.4 Å². The van der Waals surface area contributed by atoms with Crippen LogP contribution in [0.25, 0.3) is 0 Å². The predicted molar refractivity (Wildman–Crippen MR) is 103 cm³/mol. The van der Waals surface area contributed by atoms with Crippen molar-refractivity contribution < 1.29 is 4.74 Å². The van der Waals surface area contributed by atoms with Crippen LogP contribution in [-0.4, -0.2) is 58.4 Å². The van der Waals surface area contributed by atoms with Crippen LogP contribution in [0.4, 0.5) is 23.4 Å². The number of aromatic nitrogens is 5. The van der Waals surface area contributed by atoms with Gasteiger partial charge in [0.15, 0.2) is 5.82 Å². The maximum absolute atomic E-state index is 5.35. The summed E-state index contributed by atoms with van der Waals surface area (Å²) in [5.41, 5.74) is 0.796. The first-order chi connectivity index (χ1) is 13.3. The van der Waals surface area contributed by atoms with E-state index in [1.54, 1.807) is 25.7 Å². The van der Waals surface area contributed by atoms with E-state index in [-0.39, 0.29) is 0 Å². The van der Waals surface area contributed by atoms with Crippen LogP contribution in [0.1, 0.15) is 0 Å². The topological polar surface area (TPSA) is 92.2 Å². The zero-order valence-electron chi connectivity index (χ0n) is 15.0. The molecule has 3 heterocycles. The second-order valence-corrected chi connectivity index (χ2v) is 5.99. The van der Waals surface area contributed by atoms with E-state index >= 15 is 0 Å². The van der Waals surface area contributed by atoms with Gasteiger partial charge in [0.1, 0.15) is 5.75 Å². The van der Waals surface area contributed by atoms with Gasteiger partial charge in [-0.1, -0.05) is 12.1 Å². The standard InChI is InChI=1S/C18H20N8O/c1-27-15-6-3-2-5-14(15)22-17-23-16(13-21-24-17)25-9-11-26(12-10-25)18-19-7-4-8-20-18/h2-8,13H,9-12H2,1H3,(H,22,23,24). The molecule has 1 N–H and O–H groups in total. The Labute approximate surface area is 157 Å². The number of hydrogen-bond acceptors (Lipinski definition) is 9. The predicted octanol–water partition coefficient (Wildman–Crippen LogP) is 1.74. The number of methoxy groups -OCH3 is 1. The molecule has 0 spiro atoms. The van der Waals surface area contributed by atoms with Crippen molar-refractivity contribution in [2.75, 3.05) is 48.4 Å². The van der Waals surface area contributed by atoms with Crippen LogP contribution in [-0.2, 0) is 0 Å². The molecule has 0 radical (unpaired) electrons. The molecular formula is C18H20N8O. The monoisotopic (exact) mass is 364 g/mol. The highest BCUT2D eigenvalue weighted by molar-refractivity contribution is 5.62. The van der Waals surface area contributed by atoms with E-state index < -0.39 is 0 Å². The molecule has 0 saturated carbocycles. The Hall–Kier alpha value is -3.49. The van der Waals surface area contributed by atoms with Gasteiger partial charge in [0.05, 0.1) is 19.0 Å². The highest BCUT2D eigenvalue weighted by Crippen LogP contribution is 2.26. The summed E-state index contributed by atoms with van der Waals surface area (Å²) < 4.78 is 5.35. The lowest BCUT2D eigenvalue weighted by Gasteiger charge is -2.35. The van der Waals surface area contributed by atoms with Gasteiger partial charge in [-0.2, -0.15) is 10.1 Å². The fourth-order valence-corrected chi connectivity index (χ4v) is 2.96. The average molecular weight is 364 g/mol. The number of hydrogen-bond donors (Lipinski definition) is 1. The molecule has 2 aromatic heterocycles. The molecule has 9 heteroatoms. The first kappa shape index (κ1) is 17.0. The highest BCUT2D eigenvalue weighted by Gasteiger charge is 2.20. The molecule has 1 aliphatic rings. The summed E-state index contributed by atoms with van der Waals surface area (Å²) in [5.74, 6) is 2.71. The SMILES string of the molecule is COc1ccccc1Nc1nncc(N2CCN(c3ncccn3)CC2)n1. The van der Waals surface area contributed by atoms with E-state index in [4.69, 9.17) is 4.74 Å². The number of benzene rings is 1. The van der Waals surface area contributed by atoms with Gasteiger partial charge < -0.3 is 19.9 Å². The minimum absolute atomic E-state index is 0.436. The van der Waals surface area contributed by atoms with Crippen LogP contribution in [0.5, 0.6) is 5.75 Å². The number of nitrogens with zero attached hydrogens (tertiary/aromatic N) is 7. The molecule has 27 heavy (non-hydrogen) atoms. The largest absolute Gasteiger partial charge is 0.495 e. The normalized spacial score (nSPS) is 14.1. The maximum atomic E-state index is 5.35. The molecule has 0 bridgehead atoms. The van der Waals surface area contributed by atoms with Crippen molar-refractivity contribution >= 4 is 23.4 Å². The van der Waals surface area contributed by atoms with Crippen molar-refractivity contribution in [1.82, 2.24) is 25.1 Å². The number of para-hydroxylation sites is 2. The molecule has 1 aliphatic heterocycles. The van der Waals surface area contributed by atoms with Crippen molar-refractivity contribution in [2.45, 2.75) is 0 Å². The average Bonchev–Trinajstić information content (AvgIpc) is 2.75. The van der Waals surface area contributed by atoms with Gasteiger partial charge in [0, 0.05) is 38.6 Å². The van der Waals surface area contributed by atoms with Crippen LogP contribution < -0.4 is 19.9 Å². The molecule has 1 saturated heterocycles. The summed E-state index contributed by atoms with van der Waals surface area (Å²) in [6.45, 7) is 3.27. The van der Waals surface area contributed by atoms with E-state index in [2.05, 4.69) is 40.3 Å². The molecule has 3 aromatic rings. The van der Waals surface area contributed by atoms with E-state index in [1.807, 2.05) is 30.3 Å². The summed E-state index contributed by atoms with van der Waals surface area (Å²) in [5, 5.41) is 11.3. The van der Waals surface area contributed by atoms with Gasteiger partial charge in [-0.25, -0.2) is 9.97 Å². The number of nitrogens with one attached hydrogen (secondary N) is 1. The van der Waals surface area contributed by atoms with Gasteiger partial charge in [-0.15, -0.1) is 5.10 Å². The Morgan fingerprint density at radius 3 is 2.48 bits per heavy atom. The number of ether oxygens (including phenoxy) is 1. The summed E-state index contributed by atoms with van der Waals surface area (Å²) in [6, 6.07) is 9.45. The molecule has 4 rings (SSSR count). The Bertz CT molecular complexity index is 883. The first-order valence-electron chi connectivity index (χ1n) is 8.70. The molecule has 9 nitrogen and oxygen atoms in total. The van der Waals surface area contributed by atoms with Crippen molar-refractivity contribution in [2.24, 2.45) is 0 Å². The van der Waals surface area contributed by atoms with E-state index in [9.17, 15) is 0 Å². The molecule has 1 fully saturated rings. The lowest BCUT2D eigenvalue weighted by Crippen LogP contribution is -2.47. The Morgan fingerprint density at radius 1 is 0.963 bits per heavy atom. The van der Waals surface area contributed by atoms with Crippen LogP contribution in [0, 0.1) is 0 Å². The Morgan fingerprint density at radius 2 is 1.70 bits per heavy atom. The first-order valence-corrected chi connectivity index (χ1v) is 8.70. The fraction of sp³-hybridized carbons (Fsp3) is 0.278. The Balaban J connectivity index is 1.44. The van der Waals surface area contributed by atoms with E-state index in [1.165, 1.54) is 0 Å². The third-order valence-corrected chi connectivity index (χ3v) is 4.34. The van der Waals surface area contributed by atoms with Gasteiger partial charge in [0.25, 0.3) is 0 Å². The zero-order chi connectivity index (χ0) is 18.5. The Kier molecular flexibility index (Phi) is 4.91. The van der Waals surface area contributed by atoms with Crippen molar-refractivity contribution in [3.8, 4) is 5.75 Å². The van der Waals surface area contributed by atoms with Gasteiger partial charge >= 0.3 is 0 Å². The van der Waals surface area contributed by atoms with Gasteiger partial charge in [0.2, 0.25) is 11.9 Å². The van der Waals surface area contributed by atoms with Crippen molar-refractivity contribution in [3.63, 3.8) is 0 Å². The lowest BCUT2D eigenvalue weighted by molar-refractivity contribution is 0.417. The molecular weight excluding hydrogens is 344 g/mol. The molecule has 138 valence electrons. The summed E-state index contributed by atoms with van der Waals surface area (Å²) in [6.07, 6.45) is 5.21. The number of anilines is 4. The van der Waals surface area contributed by atoms with Gasteiger partial charge in [-0.05, 0) is 18.2 Å². The van der Waals surface area contributed by atoms with Crippen molar-refractivity contribution in [1.29, 1.82) is 0 Å². The highest BCUT2D eigenvalue weighted by atomic mass is 16.5. The number of rotatable bonds is 5. The summed E-state index contributed by atoms with van der Waals surface area (Å²) in [7, 11) is 1.63. The second-order valence-electron chi connectivity index (χ2n) is 5.99. The minimum atomic E-state index is 0.436. The smallest absolute Gasteiger partial charge is 0.249 e. The molecule has 1 aromatic carbocycles. The zero-order valence-corrected chi connectivity index (χ0v) is 15.0. The quantitative estimate of drug-likeness (QED) is 0.726. The molecule has 0 amide bonds. The molecule has 0 atom stereocenters. The van der Waals surface area contributed by atoms with Crippen LogP contribution in [0.3, 0.4) is 0 Å². The number of piperazine rings is 1. The van der Waals surface area contributed by atoms with Crippen molar-refractivity contribution in [3.05, 3.63) is 48.9 Å². The third kappa shape index (κ3) is 3.86. The van der Waals surface area contributed by atoms with Crippen LogP contribution >= 0.6 is 0 Å². The summed E-state index contributed by atoms with van der Waals surface area (Å²) >= 11 is 0. The fourth-order valence-electron chi connectivity index (χ4n) is 2.96. The third-order valence-electron chi connectivity index (χ3n) is 4.34. The van der Waals surface area contributed by atoms with Crippen LogP contribution in [0.15, 0.2) is 48.9 Å². The molecule has 0 aliphatic carbocycles. The minimum Gasteiger partial charge on any atom is -0.495 e. The summed E-state index contributed by atoms with van der Waals surface area (Å²) in [4.78, 5) is 17.6. The maximum Gasteiger partial charge on any atom is 0.249 e. The lowest BCUT2D eigenvalue weighted by atomic mass is 10.3.